The first-order valence-electron chi connectivity index (χ1n) is 8.03. The quantitative estimate of drug-likeness (QED) is 0.807. The van der Waals surface area contributed by atoms with Crippen LogP contribution in [0.4, 0.5) is 0 Å². The average Bonchev–Trinajstić information content (AvgIpc) is 2.33. The minimum atomic E-state index is 0.721. The first-order chi connectivity index (χ1) is 8.56. The fourth-order valence-corrected chi connectivity index (χ4v) is 3.89. The fraction of sp³-hybridized carbons (Fsp3) is 1.00. The highest BCUT2D eigenvalue weighted by atomic mass is 14.9. The Morgan fingerprint density at radius 2 is 1.89 bits per heavy atom. The maximum Gasteiger partial charge on any atom is 0.00730 e. The summed E-state index contributed by atoms with van der Waals surface area (Å²) in [4.78, 5) is 0. The predicted octanol–water partition coefficient (Wildman–Crippen LogP) is 3.03. The van der Waals surface area contributed by atoms with Gasteiger partial charge in [0.2, 0.25) is 0 Å². The molecule has 2 heteroatoms. The van der Waals surface area contributed by atoms with Gasteiger partial charge >= 0.3 is 0 Å². The zero-order chi connectivity index (χ0) is 13.1. The Morgan fingerprint density at radius 1 is 1.11 bits per heavy atom. The summed E-state index contributed by atoms with van der Waals surface area (Å²) in [6.45, 7) is 12.0. The molecule has 5 atom stereocenters. The monoisotopic (exact) mass is 252 g/mol. The van der Waals surface area contributed by atoms with Crippen molar-refractivity contribution in [3.63, 3.8) is 0 Å². The van der Waals surface area contributed by atoms with Gasteiger partial charge in [-0.25, -0.2) is 0 Å². The molecular formula is C16H32N2. The van der Waals surface area contributed by atoms with E-state index in [0.29, 0.717) is 0 Å². The second-order valence-electron chi connectivity index (χ2n) is 7.20. The third kappa shape index (κ3) is 3.71. The highest BCUT2D eigenvalue weighted by Gasteiger charge is 2.30. The van der Waals surface area contributed by atoms with Gasteiger partial charge in [0, 0.05) is 12.1 Å². The molecule has 0 aromatic rings. The van der Waals surface area contributed by atoms with Gasteiger partial charge in [0.25, 0.3) is 0 Å². The van der Waals surface area contributed by atoms with Crippen molar-refractivity contribution in [2.45, 2.75) is 65.5 Å². The standard InChI is InChI=1S/C16H32N2/c1-11(2)14-5-6-17-16(8-14)9-15-10-18-13(4)7-12(15)3/h11-18H,5-10H2,1-4H3/t12-,13-,14-,15?,16+/m1/s1. The molecule has 2 fully saturated rings. The van der Waals surface area contributed by atoms with Gasteiger partial charge < -0.3 is 10.6 Å². The Balaban J connectivity index is 1.81. The molecule has 0 aromatic heterocycles. The molecule has 1 unspecified atom stereocenters. The summed E-state index contributed by atoms with van der Waals surface area (Å²) < 4.78 is 0. The molecule has 0 radical (unpaired) electrons. The van der Waals surface area contributed by atoms with E-state index >= 15 is 0 Å². The third-order valence-corrected chi connectivity index (χ3v) is 5.32. The minimum Gasteiger partial charge on any atom is -0.314 e. The summed E-state index contributed by atoms with van der Waals surface area (Å²) in [5.41, 5.74) is 0. The van der Waals surface area contributed by atoms with Gasteiger partial charge in [0.05, 0.1) is 0 Å². The summed E-state index contributed by atoms with van der Waals surface area (Å²) in [5.74, 6) is 3.57. The zero-order valence-electron chi connectivity index (χ0n) is 12.7. The van der Waals surface area contributed by atoms with Gasteiger partial charge in [0.15, 0.2) is 0 Å². The highest BCUT2D eigenvalue weighted by Crippen LogP contribution is 2.31. The van der Waals surface area contributed by atoms with Gasteiger partial charge in [-0.2, -0.15) is 0 Å². The van der Waals surface area contributed by atoms with Crippen molar-refractivity contribution < 1.29 is 0 Å². The van der Waals surface area contributed by atoms with E-state index in [0.717, 1.165) is 35.8 Å². The van der Waals surface area contributed by atoms with Crippen molar-refractivity contribution in [3.05, 3.63) is 0 Å². The Morgan fingerprint density at radius 3 is 2.56 bits per heavy atom. The smallest absolute Gasteiger partial charge is 0.00730 e. The maximum absolute atomic E-state index is 3.76. The Kier molecular flexibility index (Phi) is 5.08. The number of rotatable bonds is 3. The summed E-state index contributed by atoms with van der Waals surface area (Å²) in [5, 5.41) is 7.41. The zero-order valence-corrected chi connectivity index (χ0v) is 12.7. The van der Waals surface area contributed by atoms with Crippen molar-refractivity contribution >= 4 is 0 Å². The second-order valence-corrected chi connectivity index (χ2v) is 7.20. The largest absolute Gasteiger partial charge is 0.314 e. The van der Waals surface area contributed by atoms with Crippen LogP contribution in [0.25, 0.3) is 0 Å². The van der Waals surface area contributed by atoms with Crippen LogP contribution in [0.5, 0.6) is 0 Å². The lowest BCUT2D eigenvalue weighted by Crippen LogP contribution is -2.46. The fourth-order valence-electron chi connectivity index (χ4n) is 3.89. The molecule has 2 heterocycles. The van der Waals surface area contributed by atoms with Crippen LogP contribution >= 0.6 is 0 Å². The van der Waals surface area contributed by atoms with Gasteiger partial charge in [-0.05, 0) is 69.4 Å². The maximum atomic E-state index is 3.76. The summed E-state index contributed by atoms with van der Waals surface area (Å²) in [7, 11) is 0. The lowest BCUT2D eigenvalue weighted by atomic mass is 9.77. The Bertz CT molecular complexity index is 251. The third-order valence-electron chi connectivity index (χ3n) is 5.32. The molecule has 0 spiro atoms. The molecule has 2 saturated heterocycles. The molecule has 18 heavy (non-hydrogen) atoms. The average molecular weight is 252 g/mol. The van der Waals surface area contributed by atoms with Crippen molar-refractivity contribution in [2.24, 2.45) is 23.7 Å². The second kappa shape index (κ2) is 6.38. The number of hydrogen-bond donors (Lipinski definition) is 2. The van der Waals surface area contributed by atoms with Crippen molar-refractivity contribution in [2.75, 3.05) is 13.1 Å². The molecule has 2 aliphatic rings. The molecule has 0 bridgehead atoms. The van der Waals surface area contributed by atoms with Crippen molar-refractivity contribution in [1.82, 2.24) is 10.6 Å². The van der Waals surface area contributed by atoms with E-state index < -0.39 is 0 Å². The lowest BCUT2D eigenvalue weighted by Gasteiger charge is -2.39. The van der Waals surface area contributed by atoms with Gasteiger partial charge in [-0.15, -0.1) is 0 Å². The van der Waals surface area contributed by atoms with Gasteiger partial charge in [0.1, 0.15) is 0 Å². The number of nitrogens with one attached hydrogen (secondary N) is 2. The van der Waals surface area contributed by atoms with Crippen LogP contribution in [0.1, 0.15) is 53.4 Å². The first kappa shape index (κ1) is 14.3. The molecule has 0 saturated carbocycles. The Hall–Kier alpha value is -0.0800. The summed E-state index contributed by atoms with van der Waals surface area (Å²) in [6.07, 6.45) is 5.51. The van der Waals surface area contributed by atoms with E-state index in [1.165, 1.54) is 38.8 Å². The van der Waals surface area contributed by atoms with Crippen molar-refractivity contribution in [3.8, 4) is 0 Å². The number of hydrogen-bond acceptors (Lipinski definition) is 2. The van der Waals surface area contributed by atoms with Gasteiger partial charge in [-0.3, -0.25) is 0 Å². The van der Waals surface area contributed by atoms with E-state index in [9.17, 15) is 0 Å². The molecule has 2 aliphatic heterocycles. The lowest BCUT2D eigenvalue weighted by molar-refractivity contribution is 0.168. The molecule has 106 valence electrons. The Labute approximate surface area is 113 Å². The van der Waals surface area contributed by atoms with Crippen LogP contribution in [0.3, 0.4) is 0 Å². The van der Waals surface area contributed by atoms with E-state index in [-0.39, 0.29) is 0 Å². The normalized spacial score (nSPS) is 42.2. The summed E-state index contributed by atoms with van der Waals surface area (Å²) >= 11 is 0. The molecule has 2 rings (SSSR count). The van der Waals surface area contributed by atoms with Gasteiger partial charge in [-0.1, -0.05) is 20.8 Å². The van der Waals surface area contributed by atoms with Crippen molar-refractivity contribution in [1.29, 1.82) is 0 Å². The van der Waals surface area contributed by atoms with Crippen LogP contribution < -0.4 is 10.6 Å². The van der Waals surface area contributed by atoms with Crippen LogP contribution in [0.2, 0.25) is 0 Å². The summed E-state index contributed by atoms with van der Waals surface area (Å²) in [6, 6.07) is 1.49. The highest BCUT2D eigenvalue weighted by molar-refractivity contribution is 4.87. The van der Waals surface area contributed by atoms with E-state index in [1.54, 1.807) is 0 Å². The predicted molar refractivity (Wildman–Crippen MR) is 78.7 cm³/mol. The minimum absolute atomic E-state index is 0.721. The van der Waals surface area contributed by atoms with Crippen LogP contribution in [-0.2, 0) is 0 Å². The molecule has 0 aliphatic carbocycles. The van der Waals surface area contributed by atoms with Crippen LogP contribution in [0, 0.1) is 23.7 Å². The molecule has 2 N–H and O–H groups in total. The van der Waals surface area contributed by atoms with E-state index in [4.69, 9.17) is 0 Å². The SMILES string of the molecule is CC(C)[C@@H]1CCN[C@H](CC2CN[C@H](C)C[C@H]2C)C1. The van der Waals surface area contributed by atoms with E-state index in [1.807, 2.05) is 0 Å². The molecule has 0 amide bonds. The first-order valence-corrected chi connectivity index (χ1v) is 8.03. The molecule has 2 nitrogen and oxygen atoms in total. The van der Waals surface area contributed by atoms with E-state index in [2.05, 4.69) is 38.3 Å². The molecule has 0 aromatic carbocycles. The van der Waals surface area contributed by atoms with Crippen LogP contribution in [-0.4, -0.2) is 25.2 Å². The van der Waals surface area contributed by atoms with Crippen LogP contribution in [0.15, 0.2) is 0 Å². The topological polar surface area (TPSA) is 24.1 Å². The number of piperidine rings is 2. The molecular weight excluding hydrogens is 220 g/mol.